The quantitative estimate of drug-likeness (QED) is 0.822. The summed E-state index contributed by atoms with van der Waals surface area (Å²) in [5.74, 6) is 1.49. The number of benzene rings is 1. The number of aliphatic hydroxyl groups is 1. The van der Waals surface area contributed by atoms with E-state index in [9.17, 15) is 5.11 Å². The molecule has 2 rings (SSSR count). The molecule has 0 saturated heterocycles. The van der Waals surface area contributed by atoms with Crippen molar-refractivity contribution in [2.45, 2.75) is 32.8 Å². The van der Waals surface area contributed by atoms with Crippen molar-refractivity contribution in [3.8, 4) is 11.5 Å². The van der Waals surface area contributed by atoms with Gasteiger partial charge in [-0.15, -0.1) is 0 Å². The summed E-state index contributed by atoms with van der Waals surface area (Å²) in [6, 6.07) is 5.65. The average molecular weight is 265 g/mol. The van der Waals surface area contributed by atoms with Crippen molar-refractivity contribution in [1.82, 2.24) is 4.90 Å². The number of aliphatic hydroxyl groups excluding tert-OH is 1. The van der Waals surface area contributed by atoms with Gasteiger partial charge < -0.3 is 19.5 Å². The summed E-state index contributed by atoms with van der Waals surface area (Å²) in [5, 5.41) is 10.3. The fraction of sp³-hybridized carbons (Fsp3) is 0.600. The van der Waals surface area contributed by atoms with Crippen LogP contribution in [0.15, 0.2) is 18.2 Å². The minimum Gasteiger partial charge on any atom is -0.454 e. The summed E-state index contributed by atoms with van der Waals surface area (Å²) < 4.78 is 10.6. The van der Waals surface area contributed by atoms with E-state index in [1.54, 1.807) is 0 Å². The SMILES string of the molecule is CCCN(CCC)C[C@H](O)c1ccc2c(c1)OCO2. The molecule has 0 bridgehead atoms. The summed E-state index contributed by atoms with van der Waals surface area (Å²) in [4.78, 5) is 2.30. The van der Waals surface area contributed by atoms with Crippen LogP contribution < -0.4 is 9.47 Å². The number of nitrogens with zero attached hydrogens (tertiary/aromatic N) is 1. The molecule has 106 valence electrons. The summed E-state index contributed by atoms with van der Waals surface area (Å²) in [5.41, 5.74) is 0.890. The maximum absolute atomic E-state index is 10.3. The topological polar surface area (TPSA) is 41.9 Å². The van der Waals surface area contributed by atoms with E-state index in [0.717, 1.165) is 43.0 Å². The van der Waals surface area contributed by atoms with E-state index >= 15 is 0 Å². The largest absolute Gasteiger partial charge is 0.454 e. The van der Waals surface area contributed by atoms with Gasteiger partial charge in [-0.1, -0.05) is 19.9 Å². The zero-order valence-electron chi connectivity index (χ0n) is 11.8. The van der Waals surface area contributed by atoms with Crippen LogP contribution >= 0.6 is 0 Å². The molecule has 1 aliphatic rings. The minimum atomic E-state index is -0.479. The summed E-state index contributed by atoms with van der Waals surface area (Å²) in [7, 11) is 0. The van der Waals surface area contributed by atoms with Gasteiger partial charge in [-0.25, -0.2) is 0 Å². The molecule has 4 heteroatoms. The van der Waals surface area contributed by atoms with Crippen LogP contribution in [0.2, 0.25) is 0 Å². The Balaban J connectivity index is 2.00. The third kappa shape index (κ3) is 3.61. The maximum atomic E-state index is 10.3. The Morgan fingerprint density at radius 1 is 1.16 bits per heavy atom. The molecule has 0 amide bonds. The van der Waals surface area contributed by atoms with Crippen molar-refractivity contribution < 1.29 is 14.6 Å². The second-order valence-electron chi connectivity index (χ2n) is 4.93. The summed E-state index contributed by atoms with van der Waals surface area (Å²) in [6.07, 6.45) is 1.73. The number of rotatable bonds is 7. The van der Waals surface area contributed by atoms with Crippen LogP contribution in [-0.4, -0.2) is 36.4 Å². The van der Waals surface area contributed by atoms with Crippen molar-refractivity contribution in [1.29, 1.82) is 0 Å². The zero-order valence-corrected chi connectivity index (χ0v) is 11.8. The van der Waals surface area contributed by atoms with Gasteiger partial charge in [0.2, 0.25) is 6.79 Å². The predicted octanol–water partition coefficient (Wildman–Crippen LogP) is 2.57. The Kier molecular flexibility index (Phi) is 5.05. The first-order chi connectivity index (χ1) is 9.24. The Morgan fingerprint density at radius 3 is 2.53 bits per heavy atom. The molecule has 19 heavy (non-hydrogen) atoms. The highest BCUT2D eigenvalue weighted by Gasteiger charge is 2.18. The lowest BCUT2D eigenvalue weighted by molar-refractivity contribution is 0.112. The van der Waals surface area contributed by atoms with E-state index < -0.39 is 6.10 Å². The van der Waals surface area contributed by atoms with Crippen molar-refractivity contribution >= 4 is 0 Å². The second-order valence-corrected chi connectivity index (χ2v) is 4.93. The number of ether oxygens (including phenoxy) is 2. The zero-order chi connectivity index (χ0) is 13.7. The Hall–Kier alpha value is -1.26. The molecule has 1 aromatic rings. The molecule has 1 atom stereocenters. The first-order valence-corrected chi connectivity index (χ1v) is 7.04. The Labute approximate surface area is 114 Å². The Morgan fingerprint density at radius 2 is 1.84 bits per heavy atom. The molecule has 1 N–H and O–H groups in total. The van der Waals surface area contributed by atoms with Crippen molar-refractivity contribution in [3.63, 3.8) is 0 Å². The third-order valence-electron chi connectivity index (χ3n) is 3.29. The van der Waals surface area contributed by atoms with Crippen molar-refractivity contribution in [2.24, 2.45) is 0 Å². The fourth-order valence-electron chi connectivity index (χ4n) is 2.40. The fourth-order valence-corrected chi connectivity index (χ4v) is 2.40. The smallest absolute Gasteiger partial charge is 0.231 e. The minimum absolute atomic E-state index is 0.271. The highest BCUT2D eigenvalue weighted by molar-refractivity contribution is 5.45. The van der Waals surface area contributed by atoms with Gasteiger partial charge in [-0.3, -0.25) is 0 Å². The lowest BCUT2D eigenvalue weighted by atomic mass is 10.1. The molecule has 0 saturated carbocycles. The lowest BCUT2D eigenvalue weighted by Gasteiger charge is -2.24. The van der Waals surface area contributed by atoms with Crippen LogP contribution in [0.5, 0.6) is 11.5 Å². The monoisotopic (exact) mass is 265 g/mol. The van der Waals surface area contributed by atoms with Crippen LogP contribution in [0.4, 0.5) is 0 Å². The van der Waals surface area contributed by atoms with E-state index in [-0.39, 0.29) is 6.79 Å². The molecule has 0 radical (unpaired) electrons. The van der Waals surface area contributed by atoms with Gasteiger partial charge in [0.25, 0.3) is 0 Å². The van der Waals surface area contributed by atoms with Crippen LogP contribution in [0.25, 0.3) is 0 Å². The molecular formula is C15H23NO3. The molecule has 1 aliphatic heterocycles. The molecule has 0 spiro atoms. The van der Waals surface area contributed by atoms with Crippen molar-refractivity contribution in [3.05, 3.63) is 23.8 Å². The molecule has 1 heterocycles. The third-order valence-corrected chi connectivity index (χ3v) is 3.29. The van der Waals surface area contributed by atoms with E-state index in [4.69, 9.17) is 9.47 Å². The first kappa shape index (κ1) is 14.2. The maximum Gasteiger partial charge on any atom is 0.231 e. The predicted molar refractivity (Wildman–Crippen MR) is 74.5 cm³/mol. The van der Waals surface area contributed by atoms with Gasteiger partial charge in [0.05, 0.1) is 6.10 Å². The Bertz CT molecular complexity index is 402. The van der Waals surface area contributed by atoms with Crippen LogP contribution in [0.1, 0.15) is 38.4 Å². The van der Waals surface area contributed by atoms with E-state index in [1.165, 1.54) is 0 Å². The lowest BCUT2D eigenvalue weighted by Crippen LogP contribution is -2.30. The van der Waals surface area contributed by atoms with Gasteiger partial charge in [-0.2, -0.15) is 0 Å². The molecule has 0 fully saturated rings. The number of fused-ring (bicyclic) bond motifs is 1. The normalized spacial score (nSPS) is 14.9. The highest BCUT2D eigenvalue weighted by Crippen LogP contribution is 2.34. The van der Waals surface area contributed by atoms with Crippen molar-refractivity contribution in [2.75, 3.05) is 26.4 Å². The van der Waals surface area contributed by atoms with Crippen LogP contribution in [0.3, 0.4) is 0 Å². The summed E-state index contributed by atoms with van der Waals surface area (Å²) in [6.45, 7) is 7.31. The molecule has 1 aromatic carbocycles. The van der Waals surface area contributed by atoms with Gasteiger partial charge in [0.15, 0.2) is 11.5 Å². The standard InChI is InChI=1S/C15H23NO3/c1-3-7-16(8-4-2)10-13(17)12-5-6-14-15(9-12)19-11-18-14/h5-6,9,13,17H,3-4,7-8,10-11H2,1-2H3/t13-/m0/s1. The second kappa shape index (κ2) is 6.78. The molecule has 0 aromatic heterocycles. The molecule has 0 unspecified atom stereocenters. The van der Waals surface area contributed by atoms with Crippen LogP contribution in [-0.2, 0) is 0 Å². The first-order valence-electron chi connectivity index (χ1n) is 7.04. The van der Waals surface area contributed by atoms with Gasteiger partial charge >= 0.3 is 0 Å². The molecule has 4 nitrogen and oxygen atoms in total. The van der Waals surface area contributed by atoms with E-state index in [0.29, 0.717) is 6.54 Å². The average Bonchev–Trinajstić information content (AvgIpc) is 2.86. The van der Waals surface area contributed by atoms with E-state index in [2.05, 4.69) is 18.7 Å². The van der Waals surface area contributed by atoms with Crippen LogP contribution in [0, 0.1) is 0 Å². The van der Waals surface area contributed by atoms with E-state index in [1.807, 2.05) is 18.2 Å². The summed E-state index contributed by atoms with van der Waals surface area (Å²) >= 11 is 0. The van der Waals surface area contributed by atoms with Gasteiger partial charge in [0, 0.05) is 6.54 Å². The van der Waals surface area contributed by atoms with Gasteiger partial charge in [-0.05, 0) is 43.6 Å². The number of hydrogen-bond acceptors (Lipinski definition) is 4. The highest BCUT2D eigenvalue weighted by atomic mass is 16.7. The van der Waals surface area contributed by atoms with Gasteiger partial charge in [0.1, 0.15) is 0 Å². The molecule has 0 aliphatic carbocycles. The molecular weight excluding hydrogens is 242 g/mol. The number of hydrogen-bond donors (Lipinski definition) is 1.